The van der Waals surface area contributed by atoms with E-state index in [1.165, 1.54) is 0 Å². The Morgan fingerprint density at radius 2 is 1.17 bits per heavy atom. The molecule has 0 amide bonds. The SMILES string of the molecule is c1ccc(-c2cnc3c(n2)c2ccccc2c2nccnc23)cc1. The first-order valence-corrected chi connectivity index (χ1v) is 7.75. The summed E-state index contributed by atoms with van der Waals surface area (Å²) in [5, 5.41) is 2.10. The summed E-state index contributed by atoms with van der Waals surface area (Å²) < 4.78 is 0. The minimum absolute atomic E-state index is 0.788. The van der Waals surface area contributed by atoms with Crippen LogP contribution in [0.3, 0.4) is 0 Å². The molecule has 0 saturated heterocycles. The Kier molecular flexibility index (Phi) is 2.76. The fourth-order valence-corrected chi connectivity index (χ4v) is 3.10. The lowest BCUT2D eigenvalue weighted by Crippen LogP contribution is -1.94. The van der Waals surface area contributed by atoms with E-state index in [9.17, 15) is 0 Å². The van der Waals surface area contributed by atoms with Gasteiger partial charge in [0.1, 0.15) is 11.0 Å². The summed E-state index contributed by atoms with van der Waals surface area (Å²) in [6.07, 6.45) is 5.22. The zero-order valence-electron chi connectivity index (χ0n) is 12.7. The smallest absolute Gasteiger partial charge is 0.117 e. The van der Waals surface area contributed by atoms with Gasteiger partial charge >= 0.3 is 0 Å². The molecular formula is C20H12N4. The van der Waals surface area contributed by atoms with Crippen LogP contribution in [0.15, 0.2) is 73.2 Å². The minimum Gasteiger partial charge on any atom is -0.252 e. The molecule has 24 heavy (non-hydrogen) atoms. The Balaban J connectivity index is 1.96. The summed E-state index contributed by atoms with van der Waals surface area (Å²) in [6, 6.07) is 18.2. The number of rotatable bonds is 1. The summed E-state index contributed by atoms with van der Waals surface area (Å²) in [5.74, 6) is 0. The van der Waals surface area contributed by atoms with Crippen molar-refractivity contribution in [2.75, 3.05) is 0 Å². The summed E-state index contributed by atoms with van der Waals surface area (Å²) in [6.45, 7) is 0. The fraction of sp³-hybridized carbons (Fsp3) is 0. The second-order valence-electron chi connectivity index (χ2n) is 5.62. The number of hydrogen-bond acceptors (Lipinski definition) is 4. The Labute approximate surface area is 137 Å². The van der Waals surface area contributed by atoms with Crippen LogP contribution >= 0.6 is 0 Å². The van der Waals surface area contributed by atoms with Gasteiger partial charge in [-0.15, -0.1) is 0 Å². The third kappa shape index (κ3) is 1.86. The van der Waals surface area contributed by atoms with Crippen LogP contribution in [0, 0.1) is 0 Å². The van der Waals surface area contributed by atoms with Gasteiger partial charge in [0.05, 0.1) is 22.9 Å². The van der Waals surface area contributed by atoms with Gasteiger partial charge < -0.3 is 0 Å². The second kappa shape index (κ2) is 5.06. The molecule has 4 heteroatoms. The van der Waals surface area contributed by atoms with E-state index in [0.29, 0.717) is 0 Å². The molecule has 0 spiro atoms. The van der Waals surface area contributed by atoms with Crippen LogP contribution in [0.25, 0.3) is 44.1 Å². The number of nitrogens with zero attached hydrogens (tertiary/aromatic N) is 4. The molecule has 0 atom stereocenters. The van der Waals surface area contributed by atoms with Gasteiger partial charge in [-0.05, 0) is 0 Å². The first kappa shape index (κ1) is 13.1. The van der Waals surface area contributed by atoms with E-state index in [4.69, 9.17) is 4.98 Å². The lowest BCUT2D eigenvalue weighted by molar-refractivity contribution is 1.27. The van der Waals surface area contributed by atoms with Crippen molar-refractivity contribution in [3.05, 3.63) is 73.2 Å². The number of benzene rings is 3. The molecule has 0 aliphatic carbocycles. The quantitative estimate of drug-likeness (QED) is 0.431. The lowest BCUT2D eigenvalue weighted by Gasteiger charge is -2.08. The van der Waals surface area contributed by atoms with Crippen LogP contribution < -0.4 is 0 Å². The van der Waals surface area contributed by atoms with E-state index >= 15 is 0 Å². The zero-order valence-corrected chi connectivity index (χ0v) is 12.7. The molecule has 0 bridgehead atoms. The molecule has 0 aliphatic heterocycles. The minimum atomic E-state index is 0.788. The van der Waals surface area contributed by atoms with Gasteiger partial charge in [0.2, 0.25) is 0 Å². The van der Waals surface area contributed by atoms with E-state index < -0.39 is 0 Å². The third-order valence-electron chi connectivity index (χ3n) is 4.20. The van der Waals surface area contributed by atoms with Gasteiger partial charge in [-0.25, -0.2) is 9.97 Å². The summed E-state index contributed by atoms with van der Waals surface area (Å²) >= 11 is 0. The summed E-state index contributed by atoms with van der Waals surface area (Å²) in [5.41, 5.74) is 5.21. The van der Waals surface area contributed by atoms with Crippen LogP contribution in [-0.4, -0.2) is 19.9 Å². The van der Waals surface area contributed by atoms with Crippen molar-refractivity contribution in [3.63, 3.8) is 0 Å². The molecule has 4 nitrogen and oxygen atoms in total. The molecule has 112 valence electrons. The Morgan fingerprint density at radius 1 is 0.542 bits per heavy atom. The van der Waals surface area contributed by atoms with Gasteiger partial charge in [-0.3, -0.25) is 9.97 Å². The molecule has 5 aromatic rings. The second-order valence-corrected chi connectivity index (χ2v) is 5.62. The normalized spacial score (nSPS) is 11.3. The molecule has 0 N–H and O–H groups in total. The standard InChI is InChI=1S/C20H12N4/c1-2-6-13(7-3-1)16-12-23-20-18(24-16)15-9-5-4-8-14(15)17-19(20)22-11-10-21-17/h1-12H. The van der Waals surface area contributed by atoms with Crippen molar-refractivity contribution in [3.8, 4) is 11.3 Å². The van der Waals surface area contributed by atoms with Crippen molar-refractivity contribution in [2.45, 2.75) is 0 Å². The fourth-order valence-electron chi connectivity index (χ4n) is 3.10. The molecule has 0 aliphatic rings. The van der Waals surface area contributed by atoms with Crippen molar-refractivity contribution in [2.24, 2.45) is 0 Å². The first-order chi connectivity index (χ1) is 11.9. The number of hydrogen-bond donors (Lipinski definition) is 0. The highest BCUT2D eigenvalue weighted by atomic mass is 14.9. The molecule has 2 heterocycles. The predicted molar refractivity (Wildman–Crippen MR) is 95.6 cm³/mol. The molecule has 0 fully saturated rings. The van der Waals surface area contributed by atoms with E-state index in [1.807, 2.05) is 42.5 Å². The molecular weight excluding hydrogens is 296 g/mol. The van der Waals surface area contributed by atoms with E-state index in [0.717, 1.165) is 44.1 Å². The van der Waals surface area contributed by atoms with Crippen LogP contribution in [0.1, 0.15) is 0 Å². The van der Waals surface area contributed by atoms with E-state index in [1.54, 1.807) is 18.6 Å². The van der Waals surface area contributed by atoms with E-state index in [-0.39, 0.29) is 0 Å². The van der Waals surface area contributed by atoms with Crippen LogP contribution in [-0.2, 0) is 0 Å². The molecule has 0 saturated carbocycles. The highest BCUT2D eigenvalue weighted by Gasteiger charge is 2.13. The molecule has 5 rings (SSSR count). The monoisotopic (exact) mass is 308 g/mol. The molecule has 0 unspecified atom stereocenters. The lowest BCUT2D eigenvalue weighted by atomic mass is 10.1. The molecule has 2 aromatic heterocycles. The summed E-state index contributed by atoms with van der Waals surface area (Å²) in [4.78, 5) is 18.6. The predicted octanol–water partition coefficient (Wildman–Crippen LogP) is 4.39. The van der Waals surface area contributed by atoms with Gasteiger partial charge in [-0.1, -0.05) is 54.6 Å². The largest absolute Gasteiger partial charge is 0.252 e. The van der Waals surface area contributed by atoms with Crippen molar-refractivity contribution in [1.82, 2.24) is 19.9 Å². The highest BCUT2D eigenvalue weighted by Crippen LogP contribution is 2.31. The van der Waals surface area contributed by atoms with Crippen LogP contribution in [0.5, 0.6) is 0 Å². The van der Waals surface area contributed by atoms with Crippen molar-refractivity contribution >= 4 is 32.8 Å². The average Bonchev–Trinajstić information content (AvgIpc) is 2.68. The Hall–Kier alpha value is -3.40. The van der Waals surface area contributed by atoms with Crippen molar-refractivity contribution in [1.29, 1.82) is 0 Å². The van der Waals surface area contributed by atoms with Crippen molar-refractivity contribution < 1.29 is 0 Å². The highest BCUT2D eigenvalue weighted by molar-refractivity contribution is 6.20. The average molecular weight is 308 g/mol. The maximum atomic E-state index is 4.89. The van der Waals surface area contributed by atoms with Gasteiger partial charge in [0, 0.05) is 28.7 Å². The maximum absolute atomic E-state index is 4.89. The van der Waals surface area contributed by atoms with Crippen LogP contribution in [0.4, 0.5) is 0 Å². The molecule has 0 radical (unpaired) electrons. The number of fused-ring (bicyclic) bond motifs is 6. The van der Waals surface area contributed by atoms with E-state index in [2.05, 4.69) is 27.1 Å². The Bertz CT molecular complexity index is 1160. The number of aromatic nitrogens is 4. The topological polar surface area (TPSA) is 51.6 Å². The zero-order chi connectivity index (χ0) is 15.9. The molecule has 3 aromatic carbocycles. The third-order valence-corrected chi connectivity index (χ3v) is 4.20. The van der Waals surface area contributed by atoms with Gasteiger partial charge in [0.25, 0.3) is 0 Å². The maximum Gasteiger partial charge on any atom is 0.117 e. The first-order valence-electron chi connectivity index (χ1n) is 7.75. The van der Waals surface area contributed by atoms with Crippen LogP contribution in [0.2, 0.25) is 0 Å². The van der Waals surface area contributed by atoms with Gasteiger partial charge in [-0.2, -0.15) is 0 Å². The Morgan fingerprint density at radius 3 is 1.96 bits per heavy atom. The summed E-state index contributed by atoms with van der Waals surface area (Å²) in [7, 11) is 0. The van der Waals surface area contributed by atoms with Gasteiger partial charge in [0.15, 0.2) is 0 Å².